The van der Waals surface area contributed by atoms with Crippen LogP contribution < -0.4 is 5.32 Å². The topological polar surface area (TPSA) is 72.0 Å². The van der Waals surface area contributed by atoms with Crippen molar-refractivity contribution >= 4 is 15.7 Å². The average Bonchev–Trinajstić information content (AvgIpc) is 2.28. The van der Waals surface area contributed by atoms with Gasteiger partial charge in [-0.25, -0.2) is 18.4 Å². The zero-order chi connectivity index (χ0) is 13.2. The van der Waals surface area contributed by atoms with E-state index in [0.29, 0.717) is 6.42 Å². The molecule has 1 aliphatic rings. The second kappa shape index (κ2) is 5.22. The monoisotopic (exact) mass is 269 g/mol. The van der Waals surface area contributed by atoms with E-state index in [-0.39, 0.29) is 11.3 Å². The number of hydrogen-bond donors (Lipinski definition) is 1. The van der Waals surface area contributed by atoms with Crippen LogP contribution in [0.15, 0.2) is 12.4 Å². The number of hydrogen-bond acceptors (Lipinski definition) is 5. The van der Waals surface area contributed by atoms with Crippen LogP contribution in [0, 0.1) is 6.92 Å². The van der Waals surface area contributed by atoms with Crippen molar-refractivity contribution in [3.05, 3.63) is 18.1 Å². The Labute approximate surface area is 108 Å². The summed E-state index contributed by atoms with van der Waals surface area (Å²) in [7, 11) is -2.93. The third-order valence-electron chi connectivity index (χ3n) is 3.39. The van der Waals surface area contributed by atoms with Crippen LogP contribution in [0.3, 0.4) is 0 Å². The molecule has 0 radical (unpaired) electrons. The largest absolute Gasteiger partial charge is 0.367 e. The van der Waals surface area contributed by atoms with Crippen LogP contribution in [0.4, 0.5) is 5.82 Å². The number of anilines is 1. The summed E-state index contributed by atoms with van der Waals surface area (Å²) in [5.41, 5.74) is 0.906. The van der Waals surface area contributed by atoms with Gasteiger partial charge in [-0.15, -0.1) is 0 Å². The van der Waals surface area contributed by atoms with Crippen molar-refractivity contribution in [3.8, 4) is 0 Å². The summed E-state index contributed by atoms with van der Waals surface area (Å²) in [6, 6.07) is 2.07. The minimum atomic E-state index is -2.93. The van der Waals surface area contributed by atoms with E-state index >= 15 is 0 Å². The van der Waals surface area contributed by atoms with Gasteiger partial charge in [0.05, 0.1) is 5.25 Å². The summed E-state index contributed by atoms with van der Waals surface area (Å²) in [5, 5.41) is 3.09. The smallest absolute Gasteiger partial charge is 0.150 e. The van der Waals surface area contributed by atoms with E-state index in [1.807, 2.05) is 13.0 Å². The lowest BCUT2D eigenvalue weighted by molar-refractivity contribution is 0.452. The molecular weight excluding hydrogens is 250 g/mol. The molecule has 1 aromatic rings. The standard InChI is InChI=1S/C12H19N3O2S/c1-9-6-12(14-8-13-9)15-10-4-3-5-11(7-10)18(2,16)17/h6,8,10-11H,3-5,7H2,1-2H3,(H,13,14,15). The molecule has 0 aliphatic heterocycles. The molecule has 2 atom stereocenters. The summed E-state index contributed by atoms with van der Waals surface area (Å²) in [6.45, 7) is 1.91. The van der Waals surface area contributed by atoms with Crippen LogP contribution in [0.2, 0.25) is 0 Å². The minimum Gasteiger partial charge on any atom is -0.367 e. The maximum atomic E-state index is 11.6. The van der Waals surface area contributed by atoms with Gasteiger partial charge in [0.25, 0.3) is 0 Å². The van der Waals surface area contributed by atoms with E-state index in [2.05, 4.69) is 15.3 Å². The van der Waals surface area contributed by atoms with Gasteiger partial charge < -0.3 is 5.32 Å². The molecule has 1 aromatic heterocycles. The van der Waals surface area contributed by atoms with Crippen LogP contribution in [0.1, 0.15) is 31.4 Å². The number of sulfone groups is 1. The molecule has 5 nitrogen and oxygen atoms in total. The van der Waals surface area contributed by atoms with Crippen molar-refractivity contribution in [1.29, 1.82) is 0 Å². The van der Waals surface area contributed by atoms with E-state index in [9.17, 15) is 8.42 Å². The molecular formula is C12H19N3O2S. The normalized spacial score (nSPS) is 24.8. The van der Waals surface area contributed by atoms with Crippen LogP contribution in [-0.4, -0.2) is 35.9 Å². The fraction of sp³-hybridized carbons (Fsp3) is 0.667. The van der Waals surface area contributed by atoms with Gasteiger partial charge in [0.15, 0.2) is 0 Å². The Hall–Kier alpha value is -1.17. The molecule has 18 heavy (non-hydrogen) atoms. The van der Waals surface area contributed by atoms with Gasteiger partial charge in [0, 0.05) is 24.1 Å². The first kappa shape index (κ1) is 13.3. The molecule has 1 saturated carbocycles. The molecule has 0 amide bonds. The molecule has 100 valence electrons. The molecule has 0 saturated heterocycles. The fourth-order valence-corrected chi connectivity index (χ4v) is 3.58. The summed E-state index contributed by atoms with van der Waals surface area (Å²) in [6.07, 6.45) is 6.24. The molecule has 1 aliphatic carbocycles. The van der Waals surface area contributed by atoms with Crippen LogP contribution in [-0.2, 0) is 9.84 Å². The van der Waals surface area contributed by atoms with Gasteiger partial charge >= 0.3 is 0 Å². The van der Waals surface area contributed by atoms with Gasteiger partial charge in [-0.05, 0) is 26.2 Å². The predicted molar refractivity (Wildman–Crippen MR) is 71.3 cm³/mol. The zero-order valence-electron chi connectivity index (χ0n) is 10.8. The first-order valence-corrected chi connectivity index (χ1v) is 8.14. The molecule has 0 spiro atoms. The summed E-state index contributed by atoms with van der Waals surface area (Å²) < 4.78 is 23.2. The Kier molecular flexibility index (Phi) is 3.85. The maximum Gasteiger partial charge on any atom is 0.150 e. The number of rotatable bonds is 3. The van der Waals surface area contributed by atoms with E-state index in [4.69, 9.17) is 0 Å². The Balaban J connectivity index is 2.02. The third kappa shape index (κ3) is 3.41. The fourth-order valence-electron chi connectivity index (χ4n) is 2.41. The van der Waals surface area contributed by atoms with Crippen molar-refractivity contribution in [2.75, 3.05) is 11.6 Å². The molecule has 1 fully saturated rings. The van der Waals surface area contributed by atoms with E-state index in [1.165, 1.54) is 12.6 Å². The van der Waals surface area contributed by atoms with Crippen LogP contribution in [0.25, 0.3) is 0 Å². The molecule has 2 rings (SSSR count). The SMILES string of the molecule is Cc1cc(NC2CCCC(S(C)(=O)=O)C2)ncn1. The average molecular weight is 269 g/mol. The van der Waals surface area contributed by atoms with Crippen molar-refractivity contribution in [2.45, 2.75) is 43.9 Å². The minimum absolute atomic E-state index is 0.188. The Morgan fingerprint density at radius 2 is 2.11 bits per heavy atom. The number of nitrogens with zero attached hydrogens (tertiary/aromatic N) is 2. The van der Waals surface area contributed by atoms with Gasteiger partial charge in [-0.3, -0.25) is 0 Å². The quantitative estimate of drug-likeness (QED) is 0.901. The van der Waals surface area contributed by atoms with Crippen LogP contribution in [0.5, 0.6) is 0 Å². The molecule has 1 N–H and O–H groups in total. The van der Waals surface area contributed by atoms with Crippen molar-refractivity contribution in [3.63, 3.8) is 0 Å². The molecule has 2 unspecified atom stereocenters. The third-order valence-corrected chi connectivity index (χ3v) is 5.03. The highest BCUT2D eigenvalue weighted by atomic mass is 32.2. The Morgan fingerprint density at radius 3 is 2.78 bits per heavy atom. The summed E-state index contributed by atoms with van der Waals surface area (Å²) in [5.74, 6) is 0.779. The lowest BCUT2D eigenvalue weighted by atomic mass is 9.95. The lowest BCUT2D eigenvalue weighted by Crippen LogP contribution is -2.34. The molecule has 0 bridgehead atoms. The molecule has 6 heteroatoms. The number of nitrogens with one attached hydrogen (secondary N) is 1. The van der Waals surface area contributed by atoms with Gasteiger partial charge in [-0.2, -0.15) is 0 Å². The summed E-state index contributed by atoms with van der Waals surface area (Å²) in [4.78, 5) is 8.19. The highest BCUT2D eigenvalue weighted by molar-refractivity contribution is 7.91. The van der Waals surface area contributed by atoms with Crippen molar-refractivity contribution < 1.29 is 8.42 Å². The molecule has 1 heterocycles. The lowest BCUT2D eigenvalue weighted by Gasteiger charge is -2.29. The second-order valence-corrected chi connectivity index (χ2v) is 7.33. The summed E-state index contributed by atoms with van der Waals surface area (Å²) >= 11 is 0. The van der Waals surface area contributed by atoms with E-state index in [0.717, 1.165) is 30.8 Å². The van der Waals surface area contributed by atoms with E-state index in [1.54, 1.807) is 0 Å². The first-order valence-electron chi connectivity index (χ1n) is 6.19. The van der Waals surface area contributed by atoms with E-state index < -0.39 is 9.84 Å². The predicted octanol–water partition coefficient (Wildman–Crippen LogP) is 1.55. The van der Waals surface area contributed by atoms with Gasteiger partial charge in [-0.1, -0.05) is 6.42 Å². The first-order chi connectivity index (χ1) is 8.45. The number of aryl methyl sites for hydroxylation is 1. The maximum absolute atomic E-state index is 11.6. The van der Waals surface area contributed by atoms with Gasteiger partial charge in [0.2, 0.25) is 0 Å². The van der Waals surface area contributed by atoms with Crippen molar-refractivity contribution in [1.82, 2.24) is 9.97 Å². The number of aromatic nitrogens is 2. The second-order valence-electron chi connectivity index (χ2n) is 5.00. The van der Waals surface area contributed by atoms with Crippen LogP contribution >= 0.6 is 0 Å². The van der Waals surface area contributed by atoms with Crippen molar-refractivity contribution in [2.24, 2.45) is 0 Å². The Bertz CT molecular complexity index is 516. The Morgan fingerprint density at radius 1 is 1.33 bits per heavy atom. The van der Waals surface area contributed by atoms with Gasteiger partial charge in [0.1, 0.15) is 22.0 Å². The highest BCUT2D eigenvalue weighted by Gasteiger charge is 2.28. The highest BCUT2D eigenvalue weighted by Crippen LogP contribution is 2.25. The molecule has 0 aromatic carbocycles. The zero-order valence-corrected chi connectivity index (χ0v) is 11.6.